The fourth-order valence-corrected chi connectivity index (χ4v) is 6.74. The van der Waals surface area contributed by atoms with Crippen molar-refractivity contribution in [1.82, 2.24) is 9.29 Å². The molecule has 1 aromatic carbocycles. The van der Waals surface area contributed by atoms with Crippen LogP contribution in [0.3, 0.4) is 0 Å². The number of hydrogen-bond donors (Lipinski definition) is 1. The molecule has 38 heavy (non-hydrogen) atoms. The van der Waals surface area contributed by atoms with Crippen molar-refractivity contribution in [2.45, 2.75) is 43.4 Å². The average Bonchev–Trinajstić information content (AvgIpc) is 3.59. The van der Waals surface area contributed by atoms with Crippen LogP contribution in [-0.4, -0.2) is 54.4 Å². The molecule has 2 aliphatic heterocycles. The van der Waals surface area contributed by atoms with Gasteiger partial charge in [-0.1, -0.05) is 5.57 Å². The number of nitrogens with two attached hydrogens (primary N) is 1. The summed E-state index contributed by atoms with van der Waals surface area (Å²) in [5.74, 6) is 1.54. The number of pyridine rings is 1. The van der Waals surface area contributed by atoms with Gasteiger partial charge in [0, 0.05) is 49.3 Å². The van der Waals surface area contributed by atoms with E-state index in [-0.39, 0.29) is 11.2 Å². The number of rotatable bonds is 8. The van der Waals surface area contributed by atoms with Crippen LogP contribution in [-0.2, 0) is 4.74 Å². The molecule has 4 aliphatic rings. The molecule has 1 atom stereocenters. The lowest BCUT2D eigenvalue weighted by atomic mass is 9.68. The minimum absolute atomic E-state index is 0.143. The van der Waals surface area contributed by atoms with Crippen LogP contribution in [0.4, 0.5) is 15.9 Å². The lowest BCUT2D eigenvalue weighted by Gasteiger charge is -2.46. The smallest absolute Gasteiger partial charge is 0.128 e. The number of ether oxygens (including phenoxy) is 1. The molecule has 8 heteroatoms. The minimum atomic E-state index is -0.261. The lowest BCUT2D eigenvalue weighted by Crippen LogP contribution is -2.47. The van der Waals surface area contributed by atoms with Crippen LogP contribution in [0.15, 0.2) is 75.9 Å². The molecule has 0 bridgehead atoms. The Morgan fingerprint density at radius 2 is 1.95 bits per heavy atom. The van der Waals surface area contributed by atoms with Gasteiger partial charge in [0.05, 0.1) is 18.0 Å². The predicted octanol–water partition coefficient (Wildman–Crippen LogP) is 5.89. The highest BCUT2D eigenvalue weighted by molar-refractivity contribution is 7.97. The molecule has 0 spiro atoms. The molecule has 1 saturated carbocycles. The van der Waals surface area contributed by atoms with E-state index in [0.717, 1.165) is 74.3 Å². The highest BCUT2D eigenvalue weighted by atomic mass is 32.2. The van der Waals surface area contributed by atoms with Gasteiger partial charge in [-0.05, 0) is 111 Å². The van der Waals surface area contributed by atoms with Crippen molar-refractivity contribution < 1.29 is 9.13 Å². The normalized spacial score (nSPS) is 26.1. The maximum Gasteiger partial charge on any atom is 0.128 e. The van der Waals surface area contributed by atoms with Crippen LogP contribution in [0.1, 0.15) is 38.5 Å². The molecule has 2 aliphatic carbocycles. The zero-order valence-corrected chi connectivity index (χ0v) is 22.6. The lowest BCUT2D eigenvalue weighted by molar-refractivity contribution is 0.0375. The Kier molecular flexibility index (Phi) is 7.54. The number of aromatic nitrogens is 1. The number of nitrogens with zero attached hydrogens (tertiary/aromatic N) is 4. The highest BCUT2D eigenvalue weighted by Gasteiger charge is 2.44. The number of hydrogen-bond acceptors (Lipinski definition) is 7. The maximum atomic E-state index is 13.4. The summed E-state index contributed by atoms with van der Waals surface area (Å²) in [6, 6.07) is 10.7. The summed E-state index contributed by atoms with van der Waals surface area (Å²) < 4.78 is 22.2. The number of aliphatic imine (C=N–C) groups is 1. The monoisotopic (exact) mass is 533 g/mol. The first-order valence-corrected chi connectivity index (χ1v) is 14.6. The summed E-state index contributed by atoms with van der Waals surface area (Å²) >= 11 is 1.79. The predicted molar refractivity (Wildman–Crippen MR) is 152 cm³/mol. The van der Waals surface area contributed by atoms with E-state index in [1.165, 1.54) is 48.3 Å². The summed E-state index contributed by atoms with van der Waals surface area (Å²) in [6.07, 6.45) is 12.7. The zero-order valence-electron chi connectivity index (χ0n) is 21.8. The minimum Gasteiger partial charge on any atom is -0.404 e. The first-order chi connectivity index (χ1) is 18.6. The van der Waals surface area contributed by atoms with Gasteiger partial charge in [-0.25, -0.2) is 18.7 Å². The van der Waals surface area contributed by atoms with Gasteiger partial charge < -0.3 is 15.4 Å². The third kappa shape index (κ3) is 5.82. The Morgan fingerprint density at radius 1 is 1.13 bits per heavy atom. The largest absolute Gasteiger partial charge is 0.404 e. The molecule has 0 amide bonds. The molecule has 3 heterocycles. The van der Waals surface area contributed by atoms with Crippen molar-refractivity contribution in [3.63, 3.8) is 0 Å². The number of benzene rings is 1. The molecule has 200 valence electrons. The molecule has 1 aromatic heterocycles. The standard InChI is InChI=1S/C30H36FN5OS/c31-25-5-7-26(8-6-25)34-28-15-24-11-14-36(38-27-9-10-29(33-18-27)35-12-1-2-13-35)20-30(24,16-23(28)17-32)21-37-19-22-3-4-22/h5-10,15,17-18,22H,1-4,11-14,16,19-21,32H2/t30-/m1/s1. The Labute approximate surface area is 229 Å². The van der Waals surface area contributed by atoms with Crippen LogP contribution < -0.4 is 10.6 Å². The second-order valence-electron chi connectivity index (χ2n) is 11.0. The van der Waals surface area contributed by atoms with Crippen LogP contribution in [0.5, 0.6) is 0 Å². The van der Waals surface area contributed by atoms with Crippen molar-refractivity contribution in [3.05, 3.63) is 71.8 Å². The Balaban J connectivity index is 1.22. The van der Waals surface area contributed by atoms with Gasteiger partial charge >= 0.3 is 0 Å². The fourth-order valence-electron chi connectivity index (χ4n) is 5.72. The van der Waals surface area contributed by atoms with Crippen molar-refractivity contribution in [2.24, 2.45) is 22.1 Å². The fraction of sp³-hybridized carbons (Fsp3) is 0.467. The third-order valence-electron chi connectivity index (χ3n) is 8.05. The highest BCUT2D eigenvalue weighted by Crippen LogP contribution is 2.47. The molecular weight excluding hydrogens is 497 g/mol. The van der Waals surface area contributed by atoms with Crippen LogP contribution >= 0.6 is 11.9 Å². The molecular formula is C30H36FN5OS. The Bertz CT molecular complexity index is 1220. The molecule has 6 rings (SSSR count). The van der Waals surface area contributed by atoms with Gasteiger partial charge in [0.2, 0.25) is 0 Å². The molecule has 6 nitrogen and oxygen atoms in total. The quantitative estimate of drug-likeness (QED) is 0.427. The van der Waals surface area contributed by atoms with E-state index in [9.17, 15) is 4.39 Å². The maximum absolute atomic E-state index is 13.4. The van der Waals surface area contributed by atoms with Gasteiger partial charge in [0.25, 0.3) is 0 Å². The summed E-state index contributed by atoms with van der Waals surface area (Å²) in [4.78, 5) is 13.1. The first-order valence-electron chi connectivity index (χ1n) is 13.8. The van der Waals surface area contributed by atoms with E-state index in [0.29, 0.717) is 6.61 Å². The molecule has 2 aromatic rings. The van der Waals surface area contributed by atoms with Crippen LogP contribution in [0.25, 0.3) is 0 Å². The van der Waals surface area contributed by atoms with Gasteiger partial charge in [-0.2, -0.15) is 0 Å². The summed E-state index contributed by atoms with van der Waals surface area (Å²) in [5.41, 5.74) is 10.0. The van der Waals surface area contributed by atoms with Crippen molar-refractivity contribution in [2.75, 3.05) is 44.3 Å². The van der Waals surface area contributed by atoms with E-state index in [1.807, 2.05) is 6.20 Å². The molecule has 0 radical (unpaired) electrons. The van der Waals surface area contributed by atoms with Crippen LogP contribution in [0, 0.1) is 17.2 Å². The molecule has 0 unspecified atom stereocenters. The molecule has 2 saturated heterocycles. The summed E-state index contributed by atoms with van der Waals surface area (Å²) in [5, 5.41) is 0. The average molecular weight is 534 g/mol. The van der Waals surface area contributed by atoms with Crippen LogP contribution in [0.2, 0.25) is 0 Å². The molecule has 3 fully saturated rings. The van der Waals surface area contributed by atoms with Crippen molar-refractivity contribution in [1.29, 1.82) is 0 Å². The topological polar surface area (TPSA) is 67.0 Å². The number of piperidine rings is 1. The number of halogens is 1. The van der Waals surface area contributed by atoms with E-state index in [4.69, 9.17) is 20.4 Å². The number of allylic oxidation sites excluding steroid dienone is 2. The Morgan fingerprint density at radius 3 is 2.66 bits per heavy atom. The second kappa shape index (κ2) is 11.2. The van der Waals surface area contributed by atoms with E-state index >= 15 is 0 Å². The van der Waals surface area contributed by atoms with E-state index < -0.39 is 0 Å². The second-order valence-corrected chi connectivity index (χ2v) is 12.2. The summed E-state index contributed by atoms with van der Waals surface area (Å²) in [6.45, 7) is 5.55. The SMILES string of the molecule is NC=C1C[C@]2(COCC3CC3)CN(Sc3ccc(N4CCCC4)nc3)CCC2=CC1=Nc1ccc(F)cc1. The van der Waals surface area contributed by atoms with E-state index in [2.05, 4.69) is 27.4 Å². The molecule has 2 N–H and O–H groups in total. The summed E-state index contributed by atoms with van der Waals surface area (Å²) in [7, 11) is 0. The first kappa shape index (κ1) is 25.6. The zero-order chi connectivity index (χ0) is 26.0. The van der Waals surface area contributed by atoms with E-state index in [1.54, 1.807) is 30.3 Å². The van der Waals surface area contributed by atoms with Gasteiger partial charge in [0.1, 0.15) is 11.6 Å². The van der Waals surface area contributed by atoms with Crippen molar-refractivity contribution in [3.8, 4) is 0 Å². The number of anilines is 1. The third-order valence-corrected chi connectivity index (χ3v) is 9.07. The number of fused-ring (bicyclic) bond motifs is 1. The van der Waals surface area contributed by atoms with Crippen molar-refractivity contribution >= 4 is 29.2 Å². The van der Waals surface area contributed by atoms with Gasteiger partial charge in [0.15, 0.2) is 0 Å². The Hall–Kier alpha value is -2.68. The van der Waals surface area contributed by atoms with Gasteiger partial charge in [-0.3, -0.25) is 0 Å². The van der Waals surface area contributed by atoms with Gasteiger partial charge in [-0.15, -0.1) is 0 Å².